The van der Waals surface area contributed by atoms with Gasteiger partial charge in [-0.2, -0.15) is 0 Å². The summed E-state index contributed by atoms with van der Waals surface area (Å²) in [4.78, 5) is 1.24. The first kappa shape index (κ1) is 13.6. The van der Waals surface area contributed by atoms with E-state index in [-0.39, 0.29) is 11.6 Å². The van der Waals surface area contributed by atoms with Crippen LogP contribution in [0.3, 0.4) is 0 Å². The summed E-state index contributed by atoms with van der Waals surface area (Å²) in [6.45, 7) is 6.56. The molecule has 1 rings (SSSR count). The molecule has 1 aromatic heterocycles. The molecule has 86 valence electrons. The Morgan fingerprint density at radius 2 is 2.13 bits per heavy atom. The van der Waals surface area contributed by atoms with Crippen LogP contribution >= 0.6 is 43.2 Å². The maximum Gasteiger partial charge on any atom is 0.0843 e. The van der Waals surface area contributed by atoms with Gasteiger partial charge in [0.15, 0.2) is 0 Å². The van der Waals surface area contributed by atoms with E-state index in [0.717, 1.165) is 14.8 Å². The Bertz CT molecular complexity index is 317. The Morgan fingerprint density at radius 1 is 1.53 bits per heavy atom. The van der Waals surface area contributed by atoms with E-state index in [1.54, 1.807) is 18.3 Å². The lowest BCUT2D eigenvalue weighted by molar-refractivity contribution is 0.0958. The van der Waals surface area contributed by atoms with Crippen molar-refractivity contribution in [2.24, 2.45) is 0 Å². The lowest BCUT2D eigenvalue weighted by atomic mass is 9.99. The second-order valence-electron chi connectivity index (χ2n) is 4.09. The maximum atomic E-state index is 9.54. The van der Waals surface area contributed by atoms with Crippen LogP contribution < -0.4 is 5.32 Å². The molecule has 0 radical (unpaired) electrons. The summed E-state index contributed by atoms with van der Waals surface area (Å²) in [5.74, 6) is 0. The molecule has 0 aliphatic carbocycles. The Kier molecular flexibility index (Phi) is 4.80. The molecule has 0 saturated heterocycles. The van der Waals surface area contributed by atoms with E-state index in [4.69, 9.17) is 0 Å². The Hall–Kier alpha value is 0.580. The normalized spacial score (nSPS) is 14.3. The van der Waals surface area contributed by atoms with E-state index in [1.165, 1.54) is 4.88 Å². The topological polar surface area (TPSA) is 32.3 Å². The summed E-state index contributed by atoms with van der Waals surface area (Å²) < 4.78 is 2.19. The lowest BCUT2D eigenvalue weighted by Gasteiger charge is -2.29. The van der Waals surface area contributed by atoms with Crippen molar-refractivity contribution in [1.82, 2.24) is 5.32 Å². The smallest absolute Gasteiger partial charge is 0.0843 e. The van der Waals surface area contributed by atoms with E-state index in [0.29, 0.717) is 0 Å². The molecule has 0 aliphatic rings. The van der Waals surface area contributed by atoms with Crippen molar-refractivity contribution in [2.45, 2.75) is 39.0 Å². The van der Waals surface area contributed by atoms with Crippen molar-refractivity contribution in [1.29, 1.82) is 0 Å². The van der Waals surface area contributed by atoms with Crippen molar-refractivity contribution < 1.29 is 5.11 Å². The third-order valence-electron chi connectivity index (χ3n) is 2.46. The van der Waals surface area contributed by atoms with Gasteiger partial charge in [0.1, 0.15) is 0 Å². The van der Waals surface area contributed by atoms with Crippen LogP contribution in [0.25, 0.3) is 0 Å². The van der Waals surface area contributed by atoms with Crippen molar-refractivity contribution >= 4 is 43.2 Å². The molecule has 5 heteroatoms. The predicted molar refractivity (Wildman–Crippen MR) is 72.3 cm³/mol. The predicted octanol–water partition coefficient (Wildman–Crippen LogP) is 3.52. The SMILES string of the molecule is CC(O)C(C)(C)NCc1cc(Br)c(Br)s1. The molecule has 1 aromatic rings. The van der Waals surface area contributed by atoms with Gasteiger partial charge in [-0.05, 0) is 58.7 Å². The molecule has 1 unspecified atom stereocenters. The number of hydrogen-bond donors (Lipinski definition) is 2. The molecule has 0 aliphatic heterocycles. The van der Waals surface area contributed by atoms with Gasteiger partial charge in [-0.1, -0.05) is 0 Å². The zero-order chi connectivity index (χ0) is 11.6. The molecule has 15 heavy (non-hydrogen) atoms. The quantitative estimate of drug-likeness (QED) is 0.864. The molecule has 0 bridgehead atoms. The molecule has 0 amide bonds. The van der Waals surface area contributed by atoms with Crippen LogP contribution in [0.4, 0.5) is 0 Å². The highest BCUT2D eigenvalue weighted by Gasteiger charge is 2.23. The number of thiophene rings is 1. The van der Waals surface area contributed by atoms with Gasteiger partial charge in [0, 0.05) is 21.4 Å². The number of nitrogens with one attached hydrogen (secondary N) is 1. The van der Waals surface area contributed by atoms with Crippen molar-refractivity contribution in [3.63, 3.8) is 0 Å². The fourth-order valence-electron chi connectivity index (χ4n) is 0.941. The number of halogens is 2. The van der Waals surface area contributed by atoms with Gasteiger partial charge in [0.2, 0.25) is 0 Å². The summed E-state index contributed by atoms with van der Waals surface area (Å²) in [5, 5.41) is 12.9. The highest BCUT2D eigenvalue weighted by atomic mass is 79.9. The minimum Gasteiger partial charge on any atom is -0.392 e. The summed E-state index contributed by atoms with van der Waals surface area (Å²) >= 11 is 8.60. The first-order valence-corrected chi connectivity index (χ1v) is 7.10. The molecule has 0 spiro atoms. The average molecular weight is 357 g/mol. The van der Waals surface area contributed by atoms with Gasteiger partial charge < -0.3 is 10.4 Å². The van der Waals surface area contributed by atoms with Gasteiger partial charge in [-0.25, -0.2) is 0 Å². The maximum absolute atomic E-state index is 9.54. The minimum atomic E-state index is -0.371. The monoisotopic (exact) mass is 355 g/mol. The van der Waals surface area contributed by atoms with Crippen molar-refractivity contribution in [2.75, 3.05) is 0 Å². The zero-order valence-electron chi connectivity index (χ0n) is 8.97. The second kappa shape index (κ2) is 5.27. The Labute approximate surface area is 111 Å². The van der Waals surface area contributed by atoms with Crippen LogP contribution in [-0.4, -0.2) is 16.7 Å². The molecule has 0 fully saturated rings. The summed E-state index contributed by atoms with van der Waals surface area (Å²) in [5.41, 5.74) is -0.261. The summed E-state index contributed by atoms with van der Waals surface area (Å²) in [6, 6.07) is 2.08. The minimum absolute atomic E-state index is 0.261. The van der Waals surface area contributed by atoms with Gasteiger partial charge >= 0.3 is 0 Å². The Balaban J connectivity index is 2.57. The fraction of sp³-hybridized carbons (Fsp3) is 0.600. The first-order chi connectivity index (χ1) is 6.83. The average Bonchev–Trinajstić information content (AvgIpc) is 2.43. The third kappa shape index (κ3) is 3.82. The van der Waals surface area contributed by atoms with E-state index in [2.05, 4.69) is 43.2 Å². The highest BCUT2D eigenvalue weighted by molar-refractivity contribution is 9.13. The zero-order valence-corrected chi connectivity index (χ0v) is 13.0. The van der Waals surface area contributed by atoms with Crippen molar-refractivity contribution in [3.8, 4) is 0 Å². The molecular formula is C10H15Br2NOS. The van der Waals surface area contributed by atoms with E-state index in [9.17, 15) is 5.11 Å². The molecule has 2 nitrogen and oxygen atoms in total. The van der Waals surface area contributed by atoms with Gasteiger partial charge in [0.25, 0.3) is 0 Å². The lowest BCUT2D eigenvalue weighted by Crippen LogP contribution is -2.47. The molecule has 1 atom stereocenters. The summed E-state index contributed by atoms with van der Waals surface area (Å²) in [7, 11) is 0. The molecule has 0 aromatic carbocycles. The van der Waals surface area contributed by atoms with Crippen molar-refractivity contribution in [3.05, 3.63) is 19.2 Å². The van der Waals surface area contributed by atoms with Crippen LogP contribution in [0.15, 0.2) is 14.3 Å². The molecule has 0 saturated carbocycles. The Morgan fingerprint density at radius 3 is 2.53 bits per heavy atom. The number of aliphatic hydroxyl groups is 1. The van der Waals surface area contributed by atoms with E-state index < -0.39 is 0 Å². The number of rotatable bonds is 4. The van der Waals surface area contributed by atoms with Crippen LogP contribution in [0.2, 0.25) is 0 Å². The van der Waals surface area contributed by atoms with Gasteiger partial charge in [-0.3, -0.25) is 0 Å². The van der Waals surface area contributed by atoms with E-state index in [1.807, 2.05) is 13.8 Å². The van der Waals surface area contributed by atoms with Gasteiger partial charge in [-0.15, -0.1) is 11.3 Å². The third-order valence-corrected chi connectivity index (χ3v) is 5.72. The summed E-state index contributed by atoms with van der Waals surface area (Å²) in [6.07, 6.45) is -0.371. The van der Waals surface area contributed by atoms with Crippen LogP contribution in [0.1, 0.15) is 25.6 Å². The largest absolute Gasteiger partial charge is 0.392 e. The second-order valence-corrected chi connectivity index (χ2v) is 7.39. The highest BCUT2D eigenvalue weighted by Crippen LogP contribution is 2.32. The van der Waals surface area contributed by atoms with Gasteiger partial charge in [0.05, 0.1) is 9.89 Å². The standard InChI is InChI=1S/C10H15Br2NOS/c1-6(14)10(2,3)13-5-7-4-8(11)9(12)15-7/h4,6,13-14H,5H2,1-3H3. The fourth-order valence-corrected chi connectivity index (χ4v) is 3.06. The van der Waals surface area contributed by atoms with Crippen LogP contribution in [0.5, 0.6) is 0 Å². The van der Waals surface area contributed by atoms with Crippen LogP contribution in [0, 0.1) is 0 Å². The molecule has 2 N–H and O–H groups in total. The number of aliphatic hydroxyl groups excluding tert-OH is 1. The first-order valence-electron chi connectivity index (χ1n) is 4.69. The number of hydrogen-bond acceptors (Lipinski definition) is 3. The molecular weight excluding hydrogens is 342 g/mol. The molecule has 1 heterocycles. The van der Waals surface area contributed by atoms with E-state index >= 15 is 0 Å². The van der Waals surface area contributed by atoms with Crippen LogP contribution in [-0.2, 0) is 6.54 Å².